The van der Waals surface area contributed by atoms with Gasteiger partial charge >= 0.3 is 0 Å². The number of nitrogens with one attached hydrogen (secondary N) is 1. The number of pyridine rings is 1. The number of hydrogen-bond acceptors (Lipinski definition) is 6. The van der Waals surface area contributed by atoms with E-state index in [1.165, 1.54) is 12.4 Å². The van der Waals surface area contributed by atoms with Crippen LogP contribution in [-0.2, 0) is 11.8 Å². The summed E-state index contributed by atoms with van der Waals surface area (Å²) in [6, 6.07) is 9.88. The topological polar surface area (TPSA) is 112 Å². The number of Topliss-reactive ketones (excluding diaryl/α,β-unsaturated/α-hetero) is 1. The van der Waals surface area contributed by atoms with Gasteiger partial charge in [-0.15, -0.1) is 0 Å². The molecular formula is C30H31ClN6O3. The van der Waals surface area contributed by atoms with E-state index in [-0.39, 0.29) is 23.2 Å². The van der Waals surface area contributed by atoms with Gasteiger partial charge in [0.1, 0.15) is 0 Å². The second-order valence-electron chi connectivity index (χ2n) is 10.2. The van der Waals surface area contributed by atoms with Gasteiger partial charge in [-0.1, -0.05) is 31.9 Å². The van der Waals surface area contributed by atoms with Gasteiger partial charge in [-0.2, -0.15) is 5.10 Å². The first-order valence-corrected chi connectivity index (χ1v) is 13.8. The molecule has 1 N–H and O–H groups in total. The van der Waals surface area contributed by atoms with Gasteiger partial charge < -0.3 is 5.32 Å². The molecule has 0 saturated carbocycles. The van der Waals surface area contributed by atoms with Gasteiger partial charge in [0.2, 0.25) is 5.91 Å². The molecule has 1 aliphatic rings. The van der Waals surface area contributed by atoms with E-state index in [1.807, 2.05) is 33.0 Å². The number of hydrogen-bond donors (Lipinski definition) is 1. The molecule has 1 amide bonds. The average molecular weight is 559 g/mol. The van der Waals surface area contributed by atoms with Gasteiger partial charge in [0, 0.05) is 53.4 Å². The highest BCUT2D eigenvalue weighted by Crippen LogP contribution is 2.33. The number of carbonyl (C=O) groups is 2. The summed E-state index contributed by atoms with van der Waals surface area (Å²) in [5.41, 5.74) is 4.09. The summed E-state index contributed by atoms with van der Waals surface area (Å²) in [6.45, 7) is 3.84. The number of carbonyl (C=O) groups excluding carboxylic acids is 2. The molecule has 4 heterocycles. The van der Waals surface area contributed by atoms with Crippen molar-refractivity contribution < 1.29 is 9.59 Å². The first-order valence-electron chi connectivity index (χ1n) is 13.5. The van der Waals surface area contributed by atoms with E-state index < -0.39 is 6.04 Å². The molecule has 2 bridgehead atoms. The molecule has 9 nitrogen and oxygen atoms in total. The number of amides is 1. The zero-order valence-electron chi connectivity index (χ0n) is 22.7. The Labute approximate surface area is 237 Å². The predicted molar refractivity (Wildman–Crippen MR) is 154 cm³/mol. The quantitative estimate of drug-likeness (QED) is 0.315. The van der Waals surface area contributed by atoms with Crippen LogP contribution < -0.4 is 10.9 Å². The summed E-state index contributed by atoms with van der Waals surface area (Å²) < 4.78 is 3.29. The molecule has 0 saturated heterocycles. The lowest BCUT2D eigenvalue weighted by molar-refractivity contribution is -0.119. The third-order valence-electron chi connectivity index (χ3n) is 7.36. The van der Waals surface area contributed by atoms with Gasteiger partial charge in [0.25, 0.3) is 5.56 Å². The lowest BCUT2D eigenvalue weighted by Gasteiger charge is -2.22. The molecule has 2 atom stereocenters. The van der Waals surface area contributed by atoms with Gasteiger partial charge in [-0.3, -0.25) is 28.6 Å². The first-order chi connectivity index (χ1) is 19.3. The summed E-state index contributed by atoms with van der Waals surface area (Å²) in [7, 11) is 1.82. The number of anilines is 1. The molecule has 0 unspecified atom stereocenters. The first kappa shape index (κ1) is 27.5. The van der Waals surface area contributed by atoms with E-state index in [0.29, 0.717) is 65.3 Å². The number of rotatable bonds is 5. The third-order valence-corrected chi connectivity index (χ3v) is 7.60. The zero-order chi connectivity index (χ0) is 28.4. The maximum absolute atomic E-state index is 13.6. The number of ketones is 1. The van der Waals surface area contributed by atoms with Crippen molar-refractivity contribution in [2.45, 2.75) is 52.0 Å². The molecular weight excluding hydrogens is 528 g/mol. The Morgan fingerprint density at radius 3 is 2.73 bits per heavy atom. The Morgan fingerprint density at radius 1 is 1.12 bits per heavy atom. The minimum Gasteiger partial charge on any atom is -0.323 e. The van der Waals surface area contributed by atoms with E-state index in [2.05, 4.69) is 20.4 Å². The van der Waals surface area contributed by atoms with E-state index >= 15 is 0 Å². The van der Waals surface area contributed by atoms with Gasteiger partial charge in [-0.05, 0) is 49.6 Å². The summed E-state index contributed by atoms with van der Waals surface area (Å²) in [5, 5.41) is 7.83. The molecule has 3 aromatic heterocycles. The van der Waals surface area contributed by atoms with Gasteiger partial charge in [0.15, 0.2) is 5.78 Å². The Bertz CT molecular complexity index is 1640. The van der Waals surface area contributed by atoms with Crippen LogP contribution in [0.25, 0.3) is 22.5 Å². The van der Waals surface area contributed by atoms with Crippen LogP contribution in [-0.4, -0.2) is 36.0 Å². The van der Waals surface area contributed by atoms with E-state index in [4.69, 9.17) is 11.6 Å². The Balaban J connectivity index is 1.59. The maximum atomic E-state index is 13.6. The summed E-state index contributed by atoms with van der Waals surface area (Å²) in [5.74, 6) is -0.314. The Kier molecular flexibility index (Phi) is 7.93. The highest BCUT2D eigenvalue weighted by molar-refractivity contribution is 6.31. The molecule has 206 valence electrons. The summed E-state index contributed by atoms with van der Waals surface area (Å²) >= 11 is 6.26. The van der Waals surface area contributed by atoms with Crippen LogP contribution in [0.1, 0.15) is 68.0 Å². The third kappa shape index (κ3) is 5.47. The van der Waals surface area contributed by atoms with Crippen molar-refractivity contribution in [1.82, 2.24) is 24.3 Å². The van der Waals surface area contributed by atoms with Crippen molar-refractivity contribution in [3.63, 3.8) is 0 Å². The molecule has 4 aromatic rings. The predicted octanol–water partition coefficient (Wildman–Crippen LogP) is 5.69. The van der Waals surface area contributed by atoms with Gasteiger partial charge in [0.05, 0.1) is 41.3 Å². The minimum atomic E-state index is -0.402. The molecule has 10 heteroatoms. The van der Waals surface area contributed by atoms with Crippen LogP contribution in [0.3, 0.4) is 0 Å². The van der Waals surface area contributed by atoms with Gasteiger partial charge in [-0.25, -0.2) is 4.98 Å². The van der Waals surface area contributed by atoms with Crippen LogP contribution in [0.5, 0.6) is 0 Å². The van der Waals surface area contributed by atoms with E-state index in [9.17, 15) is 14.4 Å². The second-order valence-corrected chi connectivity index (χ2v) is 10.7. The number of fused-ring (bicyclic) bond motifs is 4. The standard InChI is InChI=1S/C30H31ClN6O3/c1-4-6-27(38)21-10-9-20(31)14-22(21)23-15-28(39)37(17-33-23)26-8-5-7-18(2)30(40)35-25-16-34-36(3)29(25)19-11-12-32-24(26)13-19/h9-18,26H,4-8H2,1-3H3,(H,35,40)/t18-,26+/m1/s1. The number of nitrogens with zero attached hydrogens (tertiary/aromatic N) is 5. The molecule has 1 aliphatic heterocycles. The normalized spacial score (nSPS) is 17.4. The van der Waals surface area contributed by atoms with Crippen molar-refractivity contribution in [3.8, 4) is 22.5 Å². The molecule has 0 spiro atoms. The largest absolute Gasteiger partial charge is 0.323 e. The summed E-state index contributed by atoms with van der Waals surface area (Å²) in [6.07, 6.45) is 7.90. The van der Waals surface area contributed by atoms with Crippen LogP contribution in [0.15, 0.2) is 59.9 Å². The van der Waals surface area contributed by atoms with Crippen molar-refractivity contribution in [1.29, 1.82) is 0 Å². The van der Waals surface area contributed by atoms with Crippen molar-refractivity contribution in [2.75, 3.05) is 5.32 Å². The van der Waals surface area contributed by atoms with Crippen molar-refractivity contribution in [2.24, 2.45) is 13.0 Å². The molecule has 0 radical (unpaired) electrons. The zero-order valence-corrected chi connectivity index (χ0v) is 23.5. The maximum Gasteiger partial charge on any atom is 0.254 e. The Hall–Kier alpha value is -4.11. The number of aryl methyl sites for hydroxylation is 1. The highest BCUT2D eigenvalue weighted by Gasteiger charge is 2.24. The molecule has 5 rings (SSSR count). The highest BCUT2D eigenvalue weighted by atomic mass is 35.5. The van der Waals surface area contributed by atoms with Crippen molar-refractivity contribution in [3.05, 3.63) is 81.8 Å². The average Bonchev–Trinajstić information content (AvgIpc) is 3.30. The molecule has 1 aromatic carbocycles. The number of benzene rings is 1. The number of halogens is 1. The number of aromatic nitrogens is 5. The smallest absolute Gasteiger partial charge is 0.254 e. The summed E-state index contributed by atoms with van der Waals surface area (Å²) in [4.78, 5) is 48.5. The molecule has 40 heavy (non-hydrogen) atoms. The van der Waals surface area contributed by atoms with Crippen LogP contribution >= 0.6 is 11.6 Å². The van der Waals surface area contributed by atoms with Crippen LogP contribution in [0.2, 0.25) is 5.02 Å². The fourth-order valence-corrected chi connectivity index (χ4v) is 5.38. The van der Waals surface area contributed by atoms with Crippen molar-refractivity contribution >= 4 is 29.0 Å². The molecule has 0 fully saturated rings. The van der Waals surface area contributed by atoms with E-state index in [1.54, 1.807) is 39.8 Å². The minimum absolute atomic E-state index is 0.0202. The van der Waals surface area contributed by atoms with Crippen LogP contribution in [0.4, 0.5) is 5.69 Å². The SMILES string of the molecule is CCCC(=O)c1ccc(Cl)cc1-c1cc(=O)n([C@H]2CCC[C@@H](C)C(=O)Nc3cnn(C)c3-c3ccnc2c3)cn1. The fraction of sp³-hybridized carbons (Fsp3) is 0.333. The fourth-order valence-electron chi connectivity index (χ4n) is 5.21. The van der Waals surface area contributed by atoms with E-state index in [0.717, 1.165) is 11.3 Å². The lowest BCUT2D eigenvalue weighted by atomic mass is 9.96. The lowest BCUT2D eigenvalue weighted by Crippen LogP contribution is -2.27. The molecule has 0 aliphatic carbocycles. The second kappa shape index (κ2) is 11.6. The monoisotopic (exact) mass is 558 g/mol. The van der Waals surface area contributed by atoms with Crippen LogP contribution in [0, 0.1) is 5.92 Å². The Morgan fingerprint density at radius 2 is 1.95 bits per heavy atom.